The number of urea groups is 1. The maximum absolute atomic E-state index is 12.3. The van der Waals surface area contributed by atoms with Crippen molar-refractivity contribution in [1.82, 2.24) is 10.2 Å². The van der Waals surface area contributed by atoms with E-state index in [0.717, 1.165) is 12.0 Å². The molecule has 0 heterocycles. The Morgan fingerprint density at radius 3 is 2.55 bits per heavy atom. The predicted molar refractivity (Wildman–Crippen MR) is 87.2 cm³/mol. The lowest BCUT2D eigenvalue weighted by Crippen LogP contribution is -2.37. The van der Waals surface area contributed by atoms with Crippen LogP contribution in [0.25, 0.3) is 0 Å². The zero-order valence-corrected chi connectivity index (χ0v) is 13.5. The van der Waals surface area contributed by atoms with E-state index in [-0.39, 0.29) is 25.1 Å². The van der Waals surface area contributed by atoms with Crippen LogP contribution in [0.1, 0.15) is 36.2 Å². The second-order valence-corrected chi connectivity index (χ2v) is 5.03. The Morgan fingerprint density at radius 2 is 1.95 bits per heavy atom. The Labute approximate surface area is 131 Å². The van der Waals surface area contributed by atoms with E-state index in [1.165, 1.54) is 0 Å². The number of nitrogens with zero attached hydrogens (tertiary/aromatic N) is 1. The van der Waals surface area contributed by atoms with Crippen LogP contribution in [0.5, 0.6) is 0 Å². The van der Waals surface area contributed by atoms with Crippen molar-refractivity contribution in [2.75, 3.05) is 31.6 Å². The van der Waals surface area contributed by atoms with E-state index in [1.807, 2.05) is 20.8 Å². The molecule has 3 N–H and O–H groups in total. The summed E-state index contributed by atoms with van der Waals surface area (Å²) in [5, 5.41) is 14.6. The molecule has 0 aliphatic heterocycles. The van der Waals surface area contributed by atoms with Crippen molar-refractivity contribution >= 4 is 17.6 Å². The summed E-state index contributed by atoms with van der Waals surface area (Å²) in [6.45, 7) is 7.02. The van der Waals surface area contributed by atoms with Crippen LogP contribution < -0.4 is 10.6 Å². The molecule has 0 spiro atoms. The Morgan fingerprint density at radius 1 is 1.23 bits per heavy atom. The average Bonchev–Trinajstić information content (AvgIpc) is 2.49. The lowest BCUT2D eigenvalue weighted by Gasteiger charge is -2.22. The molecule has 1 rings (SSSR count). The zero-order valence-electron chi connectivity index (χ0n) is 13.5. The van der Waals surface area contributed by atoms with Crippen LogP contribution in [-0.2, 0) is 0 Å². The third-order valence-corrected chi connectivity index (χ3v) is 3.23. The fraction of sp³-hybridized carbons (Fsp3) is 0.500. The van der Waals surface area contributed by atoms with Crippen LogP contribution in [0.3, 0.4) is 0 Å². The molecule has 0 atom stereocenters. The van der Waals surface area contributed by atoms with E-state index in [9.17, 15) is 9.59 Å². The highest BCUT2D eigenvalue weighted by Gasteiger charge is 2.14. The number of aliphatic hydroxyl groups is 1. The number of carbonyl (C=O) groups excluding carboxylic acids is 2. The van der Waals surface area contributed by atoms with Crippen molar-refractivity contribution in [1.29, 1.82) is 0 Å². The molecule has 0 bridgehead atoms. The highest BCUT2D eigenvalue weighted by atomic mass is 16.3. The molecule has 0 aliphatic rings. The highest BCUT2D eigenvalue weighted by molar-refractivity contribution is 5.97. The second kappa shape index (κ2) is 9.04. The first-order valence-corrected chi connectivity index (χ1v) is 7.59. The predicted octanol–water partition coefficient (Wildman–Crippen LogP) is 1.98. The molecule has 0 radical (unpaired) electrons. The van der Waals surface area contributed by atoms with Gasteiger partial charge < -0.3 is 20.6 Å². The number of aliphatic hydroxyl groups excluding tert-OH is 1. The van der Waals surface area contributed by atoms with Crippen LogP contribution >= 0.6 is 0 Å². The molecule has 0 aliphatic carbocycles. The lowest BCUT2D eigenvalue weighted by molar-refractivity contribution is 0.0956. The van der Waals surface area contributed by atoms with Crippen LogP contribution in [0.2, 0.25) is 0 Å². The quantitative estimate of drug-likeness (QED) is 0.720. The molecule has 22 heavy (non-hydrogen) atoms. The van der Waals surface area contributed by atoms with Crippen LogP contribution in [0.15, 0.2) is 18.2 Å². The first-order valence-electron chi connectivity index (χ1n) is 7.59. The Hall–Kier alpha value is -2.08. The third kappa shape index (κ3) is 5.04. The van der Waals surface area contributed by atoms with Gasteiger partial charge in [-0.1, -0.05) is 13.0 Å². The number of carbonyl (C=O) groups is 2. The number of benzene rings is 1. The van der Waals surface area contributed by atoms with Gasteiger partial charge in [-0.05, 0) is 38.0 Å². The molecule has 0 fully saturated rings. The third-order valence-electron chi connectivity index (χ3n) is 3.23. The van der Waals surface area contributed by atoms with Gasteiger partial charge in [-0.2, -0.15) is 0 Å². The number of amides is 3. The summed E-state index contributed by atoms with van der Waals surface area (Å²) in [4.78, 5) is 25.7. The van der Waals surface area contributed by atoms with E-state index in [4.69, 9.17) is 5.11 Å². The maximum atomic E-state index is 12.3. The number of nitrogens with one attached hydrogen (secondary N) is 2. The Bertz CT molecular complexity index is 511. The summed E-state index contributed by atoms with van der Waals surface area (Å²) in [5.74, 6) is -0.168. The van der Waals surface area contributed by atoms with Gasteiger partial charge in [-0.3, -0.25) is 4.79 Å². The van der Waals surface area contributed by atoms with Crippen LogP contribution in [0.4, 0.5) is 10.5 Å². The Kier molecular flexibility index (Phi) is 7.39. The van der Waals surface area contributed by atoms with Gasteiger partial charge in [0.2, 0.25) is 0 Å². The summed E-state index contributed by atoms with van der Waals surface area (Å²) in [5.41, 5.74) is 1.99. The van der Waals surface area contributed by atoms with E-state index in [2.05, 4.69) is 10.6 Å². The van der Waals surface area contributed by atoms with Crippen molar-refractivity contribution in [3.63, 3.8) is 0 Å². The van der Waals surface area contributed by atoms with Gasteiger partial charge in [0.1, 0.15) is 0 Å². The molecule has 1 aromatic carbocycles. The van der Waals surface area contributed by atoms with E-state index < -0.39 is 0 Å². The largest absolute Gasteiger partial charge is 0.395 e. The summed E-state index contributed by atoms with van der Waals surface area (Å²) < 4.78 is 0. The average molecular weight is 307 g/mol. The van der Waals surface area contributed by atoms with Gasteiger partial charge >= 0.3 is 6.03 Å². The van der Waals surface area contributed by atoms with Crippen molar-refractivity contribution < 1.29 is 14.7 Å². The molecule has 0 unspecified atom stereocenters. The summed E-state index contributed by atoms with van der Waals surface area (Å²) >= 11 is 0. The first kappa shape index (κ1) is 18.0. The number of aryl methyl sites for hydroxylation is 1. The smallest absolute Gasteiger partial charge is 0.321 e. The van der Waals surface area contributed by atoms with E-state index >= 15 is 0 Å². The fourth-order valence-corrected chi connectivity index (χ4v) is 2.06. The van der Waals surface area contributed by atoms with Gasteiger partial charge in [0.15, 0.2) is 0 Å². The number of rotatable bonds is 7. The van der Waals surface area contributed by atoms with Crippen LogP contribution in [-0.4, -0.2) is 48.2 Å². The SMILES string of the molecule is CCCN(CCO)C(=O)Nc1cc(C(=O)NCC)ccc1C. The summed E-state index contributed by atoms with van der Waals surface area (Å²) in [6.07, 6.45) is 0.811. The van der Waals surface area contributed by atoms with E-state index in [1.54, 1.807) is 23.1 Å². The topological polar surface area (TPSA) is 81.7 Å². The molecule has 6 heteroatoms. The molecule has 0 aromatic heterocycles. The molecule has 122 valence electrons. The fourth-order valence-electron chi connectivity index (χ4n) is 2.06. The van der Waals surface area contributed by atoms with Gasteiger partial charge in [0.05, 0.1) is 6.61 Å². The molecular formula is C16H25N3O3. The Balaban J connectivity index is 2.89. The van der Waals surface area contributed by atoms with Gasteiger partial charge in [-0.15, -0.1) is 0 Å². The molecule has 3 amide bonds. The van der Waals surface area contributed by atoms with Crippen molar-refractivity contribution in [2.24, 2.45) is 0 Å². The number of hydrogen-bond donors (Lipinski definition) is 3. The molecular weight excluding hydrogens is 282 g/mol. The highest BCUT2D eigenvalue weighted by Crippen LogP contribution is 2.17. The minimum absolute atomic E-state index is 0.0780. The van der Waals surface area contributed by atoms with Gasteiger partial charge in [0.25, 0.3) is 5.91 Å². The minimum Gasteiger partial charge on any atom is -0.395 e. The van der Waals surface area contributed by atoms with Gasteiger partial charge in [0, 0.05) is 30.9 Å². The maximum Gasteiger partial charge on any atom is 0.321 e. The molecule has 0 saturated heterocycles. The molecule has 0 saturated carbocycles. The van der Waals surface area contributed by atoms with Crippen LogP contribution in [0, 0.1) is 6.92 Å². The van der Waals surface area contributed by atoms with Crippen molar-refractivity contribution in [3.8, 4) is 0 Å². The van der Waals surface area contributed by atoms with Crippen molar-refractivity contribution in [3.05, 3.63) is 29.3 Å². The second-order valence-electron chi connectivity index (χ2n) is 5.03. The molecule has 1 aromatic rings. The number of hydrogen-bond acceptors (Lipinski definition) is 3. The molecule has 6 nitrogen and oxygen atoms in total. The summed E-state index contributed by atoms with van der Waals surface area (Å²) in [7, 11) is 0. The summed E-state index contributed by atoms with van der Waals surface area (Å²) in [6, 6.07) is 4.93. The minimum atomic E-state index is -0.271. The monoisotopic (exact) mass is 307 g/mol. The standard InChI is InChI=1S/C16H25N3O3/c1-4-8-19(9-10-20)16(22)18-14-11-13(7-6-12(14)3)15(21)17-5-2/h6-7,11,20H,4-5,8-10H2,1-3H3,(H,17,21)(H,18,22). The normalized spacial score (nSPS) is 10.2. The lowest BCUT2D eigenvalue weighted by atomic mass is 10.1. The van der Waals surface area contributed by atoms with Crippen molar-refractivity contribution in [2.45, 2.75) is 27.2 Å². The number of anilines is 1. The zero-order chi connectivity index (χ0) is 16.5. The first-order chi connectivity index (χ1) is 10.5. The van der Waals surface area contributed by atoms with Gasteiger partial charge in [-0.25, -0.2) is 4.79 Å². The van der Waals surface area contributed by atoms with E-state index in [0.29, 0.717) is 24.3 Å².